The first-order valence-electron chi connectivity index (χ1n) is 4.86. The third kappa shape index (κ3) is 2.85. The van der Waals surface area contributed by atoms with Crippen LogP contribution in [0.1, 0.15) is 24.5 Å². The maximum Gasteiger partial charge on any atom is 0.142 e. The first kappa shape index (κ1) is 10.7. The van der Waals surface area contributed by atoms with E-state index in [1.165, 1.54) is 5.56 Å². The van der Waals surface area contributed by atoms with Crippen molar-refractivity contribution in [1.29, 1.82) is 0 Å². The van der Waals surface area contributed by atoms with Gasteiger partial charge < -0.3 is 5.43 Å². The van der Waals surface area contributed by atoms with Gasteiger partial charge in [0.05, 0.1) is 0 Å². The molecule has 0 fully saturated rings. The predicted molar refractivity (Wildman–Crippen MR) is 60.2 cm³/mol. The Morgan fingerprint density at radius 3 is 2.50 bits per heavy atom. The summed E-state index contributed by atoms with van der Waals surface area (Å²) in [5.74, 6) is 6.16. The summed E-state index contributed by atoms with van der Waals surface area (Å²) >= 11 is 0. The molecule has 0 atom stereocenters. The standard InChI is InChI=1S/C11H17N3/c1-3-8-13-11(14-12)10-6-4-9(2)5-7-10/h4-7H,3,8,12H2,1-2H3,(H,13,14). The van der Waals surface area contributed by atoms with Crippen LogP contribution in [0.25, 0.3) is 0 Å². The van der Waals surface area contributed by atoms with Crippen LogP contribution in [0.2, 0.25) is 0 Å². The van der Waals surface area contributed by atoms with Crippen LogP contribution in [0.5, 0.6) is 0 Å². The third-order valence-corrected chi connectivity index (χ3v) is 1.96. The summed E-state index contributed by atoms with van der Waals surface area (Å²) in [6.07, 6.45) is 1.02. The van der Waals surface area contributed by atoms with Crippen molar-refractivity contribution in [2.75, 3.05) is 6.54 Å². The minimum Gasteiger partial charge on any atom is -0.308 e. The van der Waals surface area contributed by atoms with Crippen LogP contribution in [0, 0.1) is 6.92 Å². The lowest BCUT2D eigenvalue weighted by Crippen LogP contribution is -2.31. The summed E-state index contributed by atoms with van der Waals surface area (Å²) in [4.78, 5) is 4.34. The van der Waals surface area contributed by atoms with Crippen molar-refractivity contribution in [3.05, 3.63) is 35.4 Å². The molecule has 0 aliphatic heterocycles. The predicted octanol–water partition coefficient (Wildman–Crippen LogP) is 1.61. The van der Waals surface area contributed by atoms with Gasteiger partial charge in [0.15, 0.2) is 0 Å². The van der Waals surface area contributed by atoms with Gasteiger partial charge in [0.2, 0.25) is 0 Å². The Morgan fingerprint density at radius 1 is 1.36 bits per heavy atom. The number of amidine groups is 1. The van der Waals surface area contributed by atoms with Gasteiger partial charge in [-0.05, 0) is 13.3 Å². The number of benzene rings is 1. The molecule has 3 nitrogen and oxygen atoms in total. The molecular weight excluding hydrogens is 174 g/mol. The van der Waals surface area contributed by atoms with E-state index in [0.29, 0.717) is 0 Å². The highest BCUT2D eigenvalue weighted by Crippen LogP contribution is 2.03. The van der Waals surface area contributed by atoms with Crippen LogP contribution in [-0.4, -0.2) is 12.4 Å². The molecule has 0 amide bonds. The van der Waals surface area contributed by atoms with Gasteiger partial charge in [0, 0.05) is 12.1 Å². The smallest absolute Gasteiger partial charge is 0.142 e. The Bertz CT molecular complexity index is 301. The maximum atomic E-state index is 5.40. The SMILES string of the molecule is CCCN=C(NN)c1ccc(C)cc1. The number of rotatable bonds is 3. The minimum atomic E-state index is 0.756. The van der Waals surface area contributed by atoms with Gasteiger partial charge in [-0.15, -0.1) is 0 Å². The van der Waals surface area contributed by atoms with Crippen LogP contribution >= 0.6 is 0 Å². The third-order valence-electron chi connectivity index (χ3n) is 1.96. The molecule has 0 unspecified atom stereocenters. The second kappa shape index (κ2) is 5.40. The van der Waals surface area contributed by atoms with E-state index in [0.717, 1.165) is 24.4 Å². The zero-order valence-corrected chi connectivity index (χ0v) is 8.75. The molecule has 0 saturated heterocycles. The van der Waals surface area contributed by atoms with Gasteiger partial charge in [0.1, 0.15) is 5.84 Å². The summed E-state index contributed by atoms with van der Waals surface area (Å²) in [5.41, 5.74) is 4.89. The highest BCUT2D eigenvalue weighted by molar-refractivity contribution is 5.98. The molecule has 0 spiro atoms. The summed E-state index contributed by atoms with van der Waals surface area (Å²) in [6, 6.07) is 8.13. The van der Waals surface area contributed by atoms with E-state index in [9.17, 15) is 0 Å². The van der Waals surface area contributed by atoms with E-state index in [4.69, 9.17) is 5.84 Å². The van der Waals surface area contributed by atoms with E-state index in [2.05, 4.69) is 24.3 Å². The number of nitrogens with zero attached hydrogens (tertiary/aromatic N) is 1. The Labute approximate surface area is 85.0 Å². The molecule has 1 aromatic carbocycles. The molecule has 1 aromatic rings. The Balaban J connectivity index is 2.84. The molecule has 0 heterocycles. The van der Waals surface area contributed by atoms with Gasteiger partial charge in [-0.3, -0.25) is 4.99 Å². The first-order valence-corrected chi connectivity index (χ1v) is 4.86. The Kier molecular flexibility index (Phi) is 4.13. The lowest BCUT2D eigenvalue weighted by atomic mass is 10.1. The van der Waals surface area contributed by atoms with Crippen molar-refractivity contribution >= 4 is 5.84 Å². The Hall–Kier alpha value is -1.35. The fraction of sp³-hybridized carbons (Fsp3) is 0.364. The maximum absolute atomic E-state index is 5.40. The van der Waals surface area contributed by atoms with E-state index >= 15 is 0 Å². The molecule has 14 heavy (non-hydrogen) atoms. The molecule has 76 valence electrons. The molecule has 0 saturated carbocycles. The molecule has 0 aliphatic carbocycles. The van der Waals surface area contributed by atoms with Gasteiger partial charge >= 0.3 is 0 Å². The van der Waals surface area contributed by atoms with Crippen LogP contribution in [0.4, 0.5) is 0 Å². The lowest BCUT2D eigenvalue weighted by Gasteiger charge is -2.05. The zero-order chi connectivity index (χ0) is 10.4. The topological polar surface area (TPSA) is 50.4 Å². The first-order chi connectivity index (χ1) is 6.77. The number of hydrazine groups is 1. The fourth-order valence-electron chi connectivity index (χ4n) is 1.16. The second-order valence-electron chi connectivity index (χ2n) is 3.24. The van der Waals surface area contributed by atoms with Crippen LogP contribution in [0.3, 0.4) is 0 Å². The monoisotopic (exact) mass is 191 g/mol. The van der Waals surface area contributed by atoms with Crippen molar-refractivity contribution < 1.29 is 0 Å². The summed E-state index contributed by atoms with van der Waals surface area (Å²) in [5, 5.41) is 0. The van der Waals surface area contributed by atoms with E-state index < -0.39 is 0 Å². The molecule has 3 heteroatoms. The number of hydrogen-bond acceptors (Lipinski definition) is 2. The van der Waals surface area contributed by atoms with E-state index in [1.54, 1.807) is 0 Å². The molecular formula is C11H17N3. The molecule has 0 radical (unpaired) electrons. The number of hydrogen-bond donors (Lipinski definition) is 2. The number of nitrogens with two attached hydrogens (primary N) is 1. The van der Waals surface area contributed by atoms with Crippen molar-refractivity contribution in [2.45, 2.75) is 20.3 Å². The summed E-state index contributed by atoms with van der Waals surface area (Å²) < 4.78 is 0. The van der Waals surface area contributed by atoms with Gasteiger partial charge in [-0.25, -0.2) is 5.84 Å². The van der Waals surface area contributed by atoms with E-state index in [1.807, 2.05) is 24.3 Å². The fourth-order valence-corrected chi connectivity index (χ4v) is 1.16. The highest BCUT2D eigenvalue weighted by atomic mass is 15.2. The number of aryl methyl sites for hydroxylation is 1. The van der Waals surface area contributed by atoms with Crippen molar-refractivity contribution in [3.63, 3.8) is 0 Å². The van der Waals surface area contributed by atoms with Crippen molar-refractivity contribution in [2.24, 2.45) is 10.8 Å². The van der Waals surface area contributed by atoms with Crippen molar-refractivity contribution in [3.8, 4) is 0 Å². The van der Waals surface area contributed by atoms with E-state index in [-0.39, 0.29) is 0 Å². The highest BCUT2D eigenvalue weighted by Gasteiger charge is 1.99. The summed E-state index contributed by atoms with van der Waals surface area (Å²) in [7, 11) is 0. The zero-order valence-electron chi connectivity index (χ0n) is 8.75. The van der Waals surface area contributed by atoms with Gasteiger partial charge in [0.25, 0.3) is 0 Å². The molecule has 0 aliphatic rings. The average Bonchev–Trinajstić information content (AvgIpc) is 2.21. The normalized spacial score (nSPS) is 11.5. The van der Waals surface area contributed by atoms with Gasteiger partial charge in [-0.2, -0.15) is 0 Å². The average molecular weight is 191 g/mol. The summed E-state index contributed by atoms with van der Waals surface area (Å²) in [6.45, 7) is 4.95. The lowest BCUT2D eigenvalue weighted by molar-refractivity contribution is 0.907. The van der Waals surface area contributed by atoms with Crippen LogP contribution in [0.15, 0.2) is 29.3 Å². The molecule has 1 rings (SSSR count). The molecule has 3 N–H and O–H groups in total. The quantitative estimate of drug-likeness (QED) is 0.330. The number of aliphatic imine (C=N–C) groups is 1. The minimum absolute atomic E-state index is 0.756. The van der Waals surface area contributed by atoms with Crippen molar-refractivity contribution in [1.82, 2.24) is 5.43 Å². The number of nitrogens with one attached hydrogen (secondary N) is 1. The molecule has 0 bridgehead atoms. The Morgan fingerprint density at radius 2 is 2.00 bits per heavy atom. The van der Waals surface area contributed by atoms with Crippen LogP contribution < -0.4 is 11.3 Å². The van der Waals surface area contributed by atoms with Gasteiger partial charge in [-0.1, -0.05) is 36.8 Å². The molecule has 0 aromatic heterocycles. The second-order valence-corrected chi connectivity index (χ2v) is 3.24. The van der Waals surface area contributed by atoms with Crippen LogP contribution in [-0.2, 0) is 0 Å². The largest absolute Gasteiger partial charge is 0.308 e.